The van der Waals surface area contributed by atoms with E-state index in [4.69, 9.17) is 4.42 Å². The average molecular weight is 1510 g/mol. The van der Waals surface area contributed by atoms with Gasteiger partial charge in [-0.05, 0) is 84.0 Å². The monoisotopic (exact) mass is 1510 g/mol. The van der Waals surface area contributed by atoms with Crippen LogP contribution in [-0.2, 0) is 42.3 Å². The van der Waals surface area contributed by atoms with Gasteiger partial charge in [-0.3, -0.25) is 15.0 Å². The van der Waals surface area contributed by atoms with Crippen LogP contribution in [0, 0.1) is 41.5 Å². The van der Waals surface area contributed by atoms with E-state index < -0.39 is 0 Å². The molecule has 0 fully saturated rings. The van der Waals surface area contributed by atoms with E-state index in [1.807, 2.05) is 264 Å². The van der Waals surface area contributed by atoms with Crippen LogP contribution < -0.4 is 27.4 Å². The molecular weight excluding hydrogens is 1390 g/mol. The van der Waals surface area contributed by atoms with Crippen LogP contribution in [0.25, 0.3) is 90.4 Å². The van der Waals surface area contributed by atoms with E-state index in [2.05, 4.69) is 184 Å². The molecule has 0 saturated heterocycles. The molecular formula is C85H121N25O+6. The van der Waals surface area contributed by atoms with E-state index >= 15 is 0 Å². The highest BCUT2D eigenvalue weighted by molar-refractivity contribution is 6.06. The Labute approximate surface area is 656 Å². The molecule has 6 aliphatic heterocycles. The lowest BCUT2D eigenvalue weighted by molar-refractivity contribution is -0.701. The van der Waals surface area contributed by atoms with Gasteiger partial charge in [-0.1, -0.05) is 115 Å². The third-order valence-electron chi connectivity index (χ3n) is 20.0. The Hall–Kier alpha value is -11.3. The Morgan fingerprint density at radius 2 is 0.685 bits per heavy atom. The summed E-state index contributed by atoms with van der Waals surface area (Å²) in [4.78, 5) is 29.6. The number of pyridine rings is 3. The summed E-state index contributed by atoms with van der Waals surface area (Å²) >= 11 is 0. The van der Waals surface area contributed by atoms with Crippen LogP contribution in [0.15, 0.2) is 121 Å². The summed E-state index contributed by atoms with van der Waals surface area (Å²) in [5.74, 6) is 13.0. The summed E-state index contributed by atoms with van der Waals surface area (Å²) in [6.07, 6.45) is 16.4. The minimum absolute atomic E-state index is 0.256. The van der Waals surface area contributed by atoms with Crippen LogP contribution in [0.5, 0.6) is 0 Å². The summed E-state index contributed by atoms with van der Waals surface area (Å²) < 4.78 is 31.0. The fraction of sp³-hybridized carbons (Fsp3) is 0.447. The topological polar surface area (TPSA) is 234 Å². The van der Waals surface area contributed by atoms with Crippen molar-refractivity contribution in [2.45, 2.75) is 216 Å². The van der Waals surface area contributed by atoms with Gasteiger partial charge in [0.25, 0.3) is 69.9 Å². The van der Waals surface area contributed by atoms with Crippen LogP contribution in [0.4, 0.5) is 0 Å². The van der Waals surface area contributed by atoms with E-state index in [-0.39, 0.29) is 12.1 Å². The van der Waals surface area contributed by atoms with Crippen molar-refractivity contribution in [3.05, 3.63) is 185 Å². The summed E-state index contributed by atoms with van der Waals surface area (Å²) in [5.41, 5.74) is 16.2. The molecule has 6 aliphatic rings. The highest BCUT2D eigenvalue weighted by atomic mass is 16.3. The lowest BCUT2D eigenvalue weighted by Crippen LogP contribution is -2.38. The molecule has 0 saturated carbocycles. The zero-order chi connectivity index (χ0) is 81.9. The Balaban J connectivity index is 0.000000163. The lowest BCUT2D eigenvalue weighted by atomic mass is 10.0. The molecule has 586 valence electrons. The average Bonchev–Trinajstić information content (AvgIpc) is 1.57. The minimum Gasteiger partial charge on any atom is -0.456 e. The zero-order valence-electron chi connectivity index (χ0n) is 72.0. The van der Waals surface area contributed by atoms with Crippen molar-refractivity contribution in [1.29, 1.82) is 0 Å². The van der Waals surface area contributed by atoms with Gasteiger partial charge in [-0.25, -0.2) is 47.3 Å². The van der Waals surface area contributed by atoms with E-state index in [9.17, 15) is 0 Å². The van der Waals surface area contributed by atoms with Crippen LogP contribution >= 0.6 is 0 Å². The molecule has 6 atom stereocenters. The molecule has 20 rings (SSSR count). The van der Waals surface area contributed by atoms with Gasteiger partial charge >= 0.3 is 0 Å². The van der Waals surface area contributed by atoms with Crippen molar-refractivity contribution >= 4 is 21.9 Å². The van der Waals surface area contributed by atoms with Gasteiger partial charge < -0.3 is 4.42 Å². The summed E-state index contributed by atoms with van der Waals surface area (Å²) in [6, 6.07) is 22.8. The molecule has 18 heterocycles. The summed E-state index contributed by atoms with van der Waals surface area (Å²) in [7, 11) is 11.8. The molecule has 12 aromatic heterocycles. The number of benzene rings is 2. The first-order valence-electron chi connectivity index (χ1n) is 39.8. The fourth-order valence-electron chi connectivity index (χ4n) is 15.9. The van der Waals surface area contributed by atoms with Crippen LogP contribution in [0.1, 0.15) is 243 Å². The molecule has 111 heavy (non-hydrogen) atoms. The molecule has 2 aromatic carbocycles. The SMILES string of the molecule is CC.CC.CC.CC.CC.CC.CC.Cc1nn(C)c2[n+]1C(C)c1cc3c(cc1-2)oc1ccccc13.Cc1nn(C)c2[n+]1C(C)c1ccncc1-2.Cc1nn(C)c2[n+]1C(C)c1cnccc1-2.Cc1nn(C)c2[n+]1C(C)c1cncnc1-2.Cc1nn(C)c2[n+]1C(C)c1ncccc1-2.Cc1nn(C)c2[n+]1C(C)c1ncncc1-2. The highest BCUT2D eigenvalue weighted by Crippen LogP contribution is 2.41. The molecule has 0 amide bonds. The number of aromatic nitrogens is 25. The second-order valence-corrected chi connectivity index (χ2v) is 25.8. The van der Waals surface area contributed by atoms with Crippen molar-refractivity contribution in [2.75, 3.05) is 0 Å². The van der Waals surface area contributed by atoms with Gasteiger partial charge in [-0.15, -0.1) is 28.1 Å². The number of para-hydroxylation sites is 1. The van der Waals surface area contributed by atoms with Crippen molar-refractivity contribution in [1.82, 2.24) is 93.6 Å². The summed E-state index contributed by atoms with van der Waals surface area (Å²) in [6.45, 7) is 53.3. The second-order valence-electron chi connectivity index (χ2n) is 25.8. The van der Waals surface area contributed by atoms with Gasteiger partial charge in [0.15, 0.2) is 0 Å². The van der Waals surface area contributed by atoms with Crippen molar-refractivity contribution in [3.63, 3.8) is 0 Å². The third kappa shape index (κ3) is 15.2. The molecule has 6 unspecified atom stereocenters. The van der Waals surface area contributed by atoms with Crippen molar-refractivity contribution in [3.8, 4) is 68.5 Å². The van der Waals surface area contributed by atoms with E-state index in [1.165, 1.54) is 61.1 Å². The molecule has 0 radical (unpaired) electrons. The number of fused-ring (bicyclic) bond motifs is 21. The van der Waals surface area contributed by atoms with Gasteiger partial charge in [0, 0.05) is 149 Å². The molecule has 26 heteroatoms. The Morgan fingerprint density at radius 3 is 1.23 bits per heavy atom. The Kier molecular flexibility index (Phi) is 28.4. The van der Waals surface area contributed by atoms with Gasteiger partial charge in [0.2, 0.25) is 0 Å². The van der Waals surface area contributed by atoms with Crippen LogP contribution in [-0.4, -0.2) is 93.6 Å². The molecule has 0 bridgehead atoms. The number of aryl methyl sites for hydroxylation is 12. The van der Waals surface area contributed by atoms with Crippen LogP contribution in [0.2, 0.25) is 0 Å². The van der Waals surface area contributed by atoms with Gasteiger partial charge in [0.1, 0.15) is 65.8 Å². The van der Waals surface area contributed by atoms with Crippen molar-refractivity contribution < 1.29 is 31.8 Å². The van der Waals surface area contributed by atoms with E-state index in [0.29, 0.717) is 24.2 Å². The third-order valence-corrected chi connectivity index (χ3v) is 20.0. The Bertz CT molecular complexity index is 4920. The second kappa shape index (κ2) is 36.9. The minimum atomic E-state index is 0.256. The smallest absolute Gasteiger partial charge is 0.287 e. The first-order valence-corrected chi connectivity index (χ1v) is 39.8. The maximum absolute atomic E-state index is 6.04. The number of rotatable bonds is 0. The molecule has 0 spiro atoms. The zero-order valence-corrected chi connectivity index (χ0v) is 72.0. The molecule has 26 nitrogen and oxygen atoms in total. The van der Waals surface area contributed by atoms with E-state index in [0.717, 1.165) is 97.9 Å². The number of nitrogens with zero attached hydrogens (tertiary/aromatic N) is 25. The summed E-state index contributed by atoms with van der Waals surface area (Å²) in [5, 5.41) is 29.0. The van der Waals surface area contributed by atoms with Crippen LogP contribution in [0.3, 0.4) is 0 Å². The predicted octanol–water partition coefficient (Wildman–Crippen LogP) is 14.5. The number of hydrogen-bond donors (Lipinski definition) is 0. The van der Waals surface area contributed by atoms with Gasteiger partial charge in [0.05, 0.1) is 81.5 Å². The quantitative estimate of drug-likeness (QED) is 0.129. The van der Waals surface area contributed by atoms with Gasteiger partial charge in [-0.2, -0.15) is 0 Å². The molecule has 0 N–H and O–H groups in total. The first-order chi connectivity index (χ1) is 53.6. The number of hydrogen-bond acceptors (Lipinski definition) is 14. The highest BCUT2D eigenvalue weighted by Gasteiger charge is 2.43. The molecule has 0 aliphatic carbocycles. The lowest BCUT2D eigenvalue weighted by Gasteiger charge is -2.04. The van der Waals surface area contributed by atoms with E-state index in [1.54, 1.807) is 12.7 Å². The maximum Gasteiger partial charge on any atom is 0.287 e. The maximum atomic E-state index is 6.04. The fourth-order valence-corrected chi connectivity index (χ4v) is 15.9. The largest absolute Gasteiger partial charge is 0.456 e. The predicted molar refractivity (Wildman–Crippen MR) is 436 cm³/mol. The first kappa shape index (κ1) is 85.3. The normalized spacial score (nSPS) is 15.6. The number of furan rings is 1. The molecule has 14 aromatic rings. The van der Waals surface area contributed by atoms with Crippen molar-refractivity contribution in [2.24, 2.45) is 42.3 Å². The Morgan fingerprint density at radius 1 is 0.297 bits per heavy atom. The standard InChI is InChI=1S/C18H16N3O.3C11H13N4.2C10H12N5.7C2H6/c1-10-13-8-14-12-6-4-5-7-16(12)22-17(14)9-15(13)18-20(3)19-11(2)21(10)18;1-7-10-6-12-5-4-9(10)11-14(3)13-8(2)15(7)11;1-7-9-4-5-12-6-10(9)11-14(3)13-8(2)15(7)11;1-7-10-9(5-4-6-12-10)11-14(3)13-8(2)15(7)11;1-6-9-8(4-11-5-12-9)10-14(3)13-7(2)15(6)10;1-6-8-4-11-5-12-9(8)10-14(3)13-7(2)15(6)10;7*1-2/h4-10H,1-3H3;3*4-7H,1-3H3;2*4-6H,1-3H3;7*1-2H3/q6*+1;;;;;;;.